The van der Waals surface area contributed by atoms with E-state index in [1.54, 1.807) is 6.26 Å². The molecule has 0 rings (SSSR count). The molecule has 0 aromatic carbocycles. The van der Waals surface area contributed by atoms with E-state index in [1.807, 2.05) is 13.0 Å². The lowest BCUT2D eigenvalue weighted by molar-refractivity contribution is 0.175. The average molecular weight is 268 g/mol. The molecule has 0 aromatic heterocycles. The Hall–Kier alpha value is -0.460. The fourth-order valence-corrected chi connectivity index (χ4v) is 2.58. The van der Waals surface area contributed by atoms with Gasteiger partial charge in [-0.3, -0.25) is 0 Å². The molecule has 0 aromatic rings. The zero-order valence-electron chi connectivity index (χ0n) is 14.0. The van der Waals surface area contributed by atoms with E-state index in [1.165, 1.54) is 51.4 Å². The fraction of sp³-hybridized carbons (Fsp3) is 0.889. The number of hydrogen-bond acceptors (Lipinski definition) is 1. The molecule has 0 N–H and O–H groups in total. The van der Waals surface area contributed by atoms with Crippen LogP contribution in [0.1, 0.15) is 86.0 Å². The lowest BCUT2D eigenvalue weighted by Gasteiger charge is -2.31. The molecule has 1 nitrogen and oxygen atoms in total. The number of hydrogen-bond donors (Lipinski definition) is 0. The summed E-state index contributed by atoms with van der Waals surface area (Å²) in [4.78, 5) is 0. The highest BCUT2D eigenvalue weighted by Crippen LogP contribution is 2.34. The molecule has 0 spiro atoms. The largest absolute Gasteiger partial charge is 0.502 e. The van der Waals surface area contributed by atoms with Gasteiger partial charge in [0.2, 0.25) is 0 Å². The van der Waals surface area contributed by atoms with Crippen molar-refractivity contribution < 1.29 is 4.74 Å². The molecule has 0 heterocycles. The van der Waals surface area contributed by atoms with Gasteiger partial charge in [-0.25, -0.2) is 0 Å². The summed E-state index contributed by atoms with van der Waals surface area (Å²) in [5.74, 6) is 0.836. The van der Waals surface area contributed by atoms with E-state index in [4.69, 9.17) is 4.74 Å². The number of rotatable bonds is 11. The van der Waals surface area contributed by atoms with Crippen molar-refractivity contribution in [1.29, 1.82) is 0 Å². The molecule has 0 amide bonds. The Morgan fingerprint density at radius 1 is 0.947 bits per heavy atom. The lowest BCUT2D eigenvalue weighted by atomic mass is 9.75. The van der Waals surface area contributed by atoms with Crippen LogP contribution in [0.25, 0.3) is 0 Å². The molecule has 1 unspecified atom stereocenters. The second-order valence-electron chi connectivity index (χ2n) is 6.75. The normalized spacial score (nSPS) is 13.9. The van der Waals surface area contributed by atoms with Crippen molar-refractivity contribution in [3.63, 3.8) is 0 Å². The highest BCUT2D eigenvalue weighted by atomic mass is 16.5. The Morgan fingerprint density at radius 2 is 1.58 bits per heavy atom. The molecule has 1 heteroatoms. The third-order valence-corrected chi connectivity index (χ3v) is 3.93. The first-order valence-electron chi connectivity index (χ1n) is 8.25. The molecule has 0 saturated carbocycles. The molecular formula is C18H36O. The first-order chi connectivity index (χ1) is 9.02. The van der Waals surface area contributed by atoms with Gasteiger partial charge >= 0.3 is 0 Å². The van der Waals surface area contributed by atoms with Gasteiger partial charge in [-0.15, -0.1) is 0 Å². The molecule has 0 aliphatic carbocycles. The number of unbranched alkanes of at least 4 members (excludes halogenated alkanes) is 4. The van der Waals surface area contributed by atoms with Crippen molar-refractivity contribution in [1.82, 2.24) is 0 Å². The Labute approximate surface area is 121 Å². The predicted octanol–water partition coefficient (Wildman–Crippen LogP) is 6.34. The molecule has 0 bridgehead atoms. The minimum Gasteiger partial charge on any atom is -0.502 e. The van der Waals surface area contributed by atoms with Crippen LogP contribution >= 0.6 is 0 Å². The minimum atomic E-state index is 0.436. The highest BCUT2D eigenvalue weighted by Gasteiger charge is 2.23. The van der Waals surface area contributed by atoms with Gasteiger partial charge in [0.25, 0.3) is 0 Å². The summed E-state index contributed by atoms with van der Waals surface area (Å²) in [7, 11) is 0. The third-order valence-electron chi connectivity index (χ3n) is 3.93. The van der Waals surface area contributed by atoms with Crippen LogP contribution in [0.3, 0.4) is 0 Å². The number of ether oxygens (including phenoxy) is 1. The first-order valence-corrected chi connectivity index (χ1v) is 8.25. The van der Waals surface area contributed by atoms with Gasteiger partial charge in [-0.1, -0.05) is 65.9 Å². The van der Waals surface area contributed by atoms with Crippen LogP contribution in [-0.2, 0) is 4.74 Å². The van der Waals surface area contributed by atoms with Crippen molar-refractivity contribution >= 4 is 0 Å². The third kappa shape index (κ3) is 11.1. The number of allylic oxidation sites excluding steroid dienone is 1. The smallest absolute Gasteiger partial charge is 0.0873 e. The Kier molecular flexibility index (Phi) is 11.1. The zero-order valence-corrected chi connectivity index (χ0v) is 14.0. The van der Waals surface area contributed by atoms with Crippen molar-refractivity contribution in [2.75, 3.05) is 6.61 Å². The summed E-state index contributed by atoms with van der Waals surface area (Å²) in [5, 5.41) is 0. The van der Waals surface area contributed by atoms with E-state index >= 15 is 0 Å². The molecule has 1 atom stereocenters. The summed E-state index contributed by atoms with van der Waals surface area (Å²) in [5.41, 5.74) is 0.436. The molecular weight excluding hydrogens is 232 g/mol. The lowest BCUT2D eigenvalue weighted by Crippen LogP contribution is -2.21. The van der Waals surface area contributed by atoms with Crippen LogP contribution in [0.4, 0.5) is 0 Å². The maximum absolute atomic E-state index is 5.42. The summed E-state index contributed by atoms with van der Waals surface area (Å²) >= 11 is 0. The Bertz CT molecular complexity index is 212. The second kappa shape index (κ2) is 11.4. The molecule has 0 saturated heterocycles. The topological polar surface area (TPSA) is 9.23 Å². The molecule has 0 aliphatic heterocycles. The van der Waals surface area contributed by atoms with Crippen LogP contribution in [0, 0.1) is 11.3 Å². The van der Waals surface area contributed by atoms with Crippen LogP contribution < -0.4 is 0 Å². The standard InChI is InChI=1S/C18H36O/c1-6-8-9-10-11-13-17(18(3,4)5)14-12-16-19-15-7-2/h7,15,17H,6,8-14,16H2,1-5H3. The minimum absolute atomic E-state index is 0.436. The molecule has 0 aliphatic rings. The molecule has 114 valence electrons. The monoisotopic (exact) mass is 268 g/mol. The van der Waals surface area contributed by atoms with Gasteiger partial charge in [-0.2, -0.15) is 0 Å². The predicted molar refractivity (Wildman–Crippen MR) is 86.3 cm³/mol. The Balaban J connectivity index is 3.83. The van der Waals surface area contributed by atoms with Gasteiger partial charge in [0.05, 0.1) is 12.9 Å². The first kappa shape index (κ1) is 18.5. The van der Waals surface area contributed by atoms with Crippen molar-refractivity contribution in [3.8, 4) is 0 Å². The molecule has 0 fully saturated rings. The fourth-order valence-electron chi connectivity index (χ4n) is 2.58. The maximum Gasteiger partial charge on any atom is 0.0873 e. The van der Waals surface area contributed by atoms with Crippen LogP contribution in [-0.4, -0.2) is 6.61 Å². The summed E-state index contributed by atoms with van der Waals surface area (Å²) < 4.78 is 5.42. The van der Waals surface area contributed by atoms with Gasteiger partial charge in [0, 0.05) is 0 Å². The molecule has 19 heavy (non-hydrogen) atoms. The summed E-state index contributed by atoms with van der Waals surface area (Å²) in [6.07, 6.45) is 14.6. The van der Waals surface area contributed by atoms with Crippen molar-refractivity contribution in [3.05, 3.63) is 12.3 Å². The highest BCUT2D eigenvalue weighted by molar-refractivity contribution is 4.74. The van der Waals surface area contributed by atoms with Crippen molar-refractivity contribution in [2.45, 2.75) is 86.0 Å². The van der Waals surface area contributed by atoms with Crippen LogP contribution in [0.15, 0.2) is 12.3 Å². The van der Waals surface area contributed by atoms with Crippen molar-refractivity contribution in [2.24, 2.45) is 11.3 Å². The van der Waals surface area contributed by atoms with Crippen LogP contribution in [0.5, 0.6) is 0 Å². The second-order valence-corrected chi connectivity index (χ2v) is 6.75. The van der Waals surface area contributed by atoms with Crippen LogP contribution in [0.2, 0.25) is 0 Å². The van der Waals surface area contributed by atoms with Gasteiger partial charge in [0.1, 0.15) is 0 Å². The van der Waals surface area contributed by atoms with E-state index in [0.717, 1.165) is 12.5 Å². The average Bonchev–Trinajstić information content (AvgIpc) is 2.34. The van der Waals surface area contributed by atoms with E-state index in [0.29, 0.717) is 5.41 Å². The SMILES string of the molecule is CC=COCCCC(CCCCCCC)C(C)(C)C. The van der Waals surface area contributed by atoms with E-state index in [2.05, 4.69) is 27.7 Å². The summed E-state index contributed by atoms with van der Waals surface area (Å²) in [6, 6.07) is 0. The maximum atomic E-state index is 5.42. The Morgan fingerprint density at radius 3 is 2.16 bits per heavy atom. The molecule has 0 radical (unpaired) electrons. The van der Waals surface area contributed by atoms with Gasteiger partial charge < -0.3 is 4.74 Å². The van der Waals surface area contributed by atoms with E-state index in [9.17, 15) is 0 Å². The quantitative estimate of drug-likeness (QED) is 0.314. The summed E-state index contributed by atoms with van der Waals surface area (Å²) in [6.45, 7) is 12.3. The zero-order chi connectivity index (χ0) is 14.6. The van der Waals surface area contributed by atoms with Gasteiger partial charge in [-0.05, 0) is 37.5 Å². The van der Waals surface area contributed by atoms with E-state index in [-0.39, 0.29) is 0 Å². The van der Waals surface area contributed by atoms with E-state index < -0.39 is 0 Å². The van der Waals surface area contributed by atoms with Gasteiger partial charge in [0.15, 0.2) is 0 Å².